The maximum absolute atomic E-state index is 12.7. The van der Waals surface area contributed by atoms with Crippen LogP contribution in [0.25, 0.3) is 0 Å². The molecule has 1 N–H and O–H groups in total. The Hall–Kier alpha value is -1.81. The summed E-state index contributed by atoms with van der Waals surface area (Å²) < 4.78 is 61.5. The summed E-state index contributed by atoms with van der Waals surface area (Å²) >= 11 is 0. The van der Waals surface area contributed by atoms with Crippen LogP contribution in [-0.4, -0.2) is 24.9 Å². The molecule has 6 nitrogen and oxygen atoms in total. The van der Waals surface area contributed by atoms with Gasteiger partial charge in [-0.3, -0.25) is 5.21 Å². The summed E-state index contributed by atoms with van der Waals surface area (Å²) in [4.78, 5) is -0.688. The zero-order chi connectivity index (χ0) is 13.7. The minimum Gasteiger partial charge on any atom is -0.266 e. The first-order valence-corrected chi connectivity index (χ1v) is 5.86. The first-order chi connectivity index (χ1) is 8.21. The van der Waals surface area contributed by atoms with E-state index in [1.165, 1.54) is 0 Å². The van der Waals surface area contributed by atoms with E-state index in [2.05, 4.69) is 11.8 Å². The molecule has 0 atom stereocenters. The van der Waals surface area contributed by atoms with Gasteiger partial charge in [-0.2, -0.15) is 26.7 Å². The number of fused-ring (bicyclic) bond motifs is 1. The Labute approximate surface area is 99.5 Å². The number of hydrogen-bond donors (Lipinski definition) is 1. The molecule has 0 spiro atoms. The molecule has 18 heavy (non-hydrogen) atoms. The molecule has 1 aliphatic heterocycles. The monoisotopic (exact) mass is 281 g/mol. The summed E-state index contributed by atoms with van der Waals surface area (Å²) in [7, 11) is -4.35. The molecule has 0 fully saturated rings. The lowest BCUT2D eigenvalue weighted by atomic mass is 10.2. The van der Waals surface area contributed by atoms with Gasteiger partial charge in [-0.1, -0.05) is 10.6 Å². The van der Waals surface area contributed by atoms with Crippen molar-refractivity contribution in [3.05, 3.63) is 23.8 Å². The van der Waals surface area contributed by atoms with Crippen LogP contribution in [0.15, 0.2) is 28.2 Å². The standard InChI is InChI=1S/C8H6F3N3O3S/c1-12-14-13(15)7-5(8(9,10)11)3-2-4-6(7)18(14,16)17/h2-4,15H,1H2. The number of rotatable bonds is 1. The highest BCUT2D eigenvalue weighted by Gasteiger charge is 2.47. The van der Waals surface area contributed by atoms with Crippen molar-refractivity contribution in [3.8, 4) is 0 Å². The Bertz CT molecular complexity index is 614. The van der Waals surface area contributed by atoms with Crippen molar-refractivity contribution in [1.29, 1.82) is 0 Å². The third-order valence-electron chi connectivity index (χ3n) is 2.28. The van der Waals surface area contributed by atoms with Crippen molar-refractivity contribution >= 4 is 22.4 Å². The van der Waals surface area contributed by atoms with E-state index in [0.29, 0.717) is 6.07 Å². The van der Waals surface area contributed by atoms with Gasteiger partial charge in [-0.05, 0) is 12.1 Å². The topological polar surface area (TPSA) is 73.2 Å². The third kappa shape index (κ3) is 1.53. The highest BCUT2D eigenvalue weighted by Crippen LogP contribution is 2.45. The Kier molecular flexibility index (Phi) is 2.52. The number of hydrazone groups is 1. The van der Waals surface area contributed by atoms with Gasteiger partial charge >= 0.3 is 16.2 Å². The number of alkyl halides is 3. The van der Waals surface area contributed by atoms with Gasteiger partial charge in [0.15, 0.2) is 0 Å². The quantitative estimate of drug-likeness (QED) is 0.790. The van der Waals surface area contributed by atoms with Crippen LogP contribution in [0.4, 0.5) is 18.9 Å². The number of sulfonamides is 1. The summed E-state index contributed by atoms with van der Waals surface area (Å²) in [5, 5.41) is 12.2. The van der Waals surface area contributed by atoms with E-state index in [1.54, 1.807) is 0 Å². The largest absolute Gasteiger partial charge is 0.418 e. The molecule has 1 aromatic rings. The maximum Gasteiger partial charge on any atom is 0.418 e. The lowest BCUT2D eigenvalue weighted by molar-refractivity contribution is -0.137. The SMILES string of the molecule is C=NN1N(O)c2c(C(F)(F)F)cccc2S1(=O)=O. The van der Waals surface area contributed by atoms with E-state index in [4.69, 9.17) is 0 Å². The van der Waals surface area contributed by atoms with Gasteiger partial charge in [-0.25, -0.2) is 0 Å². The van der Waals surface area contributed by atoms with Crippen LogP contribution in [0, 0.1) is 0 Å². The van der Waals surface area contributed by atoms with E-state index < -0.39 is 32.3 Å². The highest BCUT2D eigenvalue weighted by molar-refractivity contribution is 7.89. The second kappa shape index (κ2) is 3.59. The first kappa shape index (κ1) is 12.6. The molecule has 1 aliphatic rings. The van der Waals surface area contributed by atoms with Crippen molar-refractivity contribution < 1.29 is 26.8 Å². The molecule has 98 valence electrons. The number of nitrogens with zero attached hydrogens (tertiary/aromatic N) is 3. The maximum atomic E-state index is 12.7. The van der Waals surface area contributed by atoms with Gasteiger partial charge in [0, 0.05) is 6.72 Å². The number of para-hydroxylation sites is 1. The van der Waals surface area contributed by atoms with Gasteiger partial charge in [-0.15, -0.1) is 5.17 Å². The zero-order valence-corrected chi connectivity index (χ0v) is 9.40. The fourth-order valence-corrected chi connectivity index (χ4v) is 2.88. The molecule has 2 rings (SSSR count). The lowest BCUT2D eigenvalue weighted by Crippen LogP contribution is -2.34. The first-order valence-electron chi connectivity index (χ1n) is 4.42. The third-order valence-corrected chi connectivity index (χ3v) is 3.87. The van der Waals surface area contributed by atoms with Gasteiger partial charge in [0.1, 0.15) is 10.6 Å². The minimum absolute atomic E-state index is 0.0209. The van der Waals surface area contributed by atoms with Crippen LogP contribution in [0.3, 0.4) is 0 Å². The summed E-state index contributed by atoms with van der Waals surface area (Å²) in [6.45, 7) is 2.88. The Morgan fingerprint density at radius 2 is 1.94 bits per heavy atom. The van der Waals surface area contributed by atoms with E-state index in [0.717, 1.165) is 12.1 Å². The van der Waals surface area contributed by atoms with E-state index in [9.17, 15) is 26.8 Å². The molecule has 10 heteroatoms. The predicted octanol–water partition coefficient (Wildman–Crippen LogP) is 1.44. The fraction of sp³-hybridized carbons (Fsp3) is 0.125. The molecule has 0 aromatic heterocycles. The number of hydrazine groups is 1. The predicted molar refractivity (Wildman–Crippen MR) is 54.3 cm³/mol. The van der Waals surface area contributed by atoms with E-state index >= 15 is 0 Å². The van der Waals surface area contributed by atoms with Gasteiger partial charge < -0.3 is 0 Å². The van der Waals surface area contributed by atoms with Crippen molar-refractivity contribution in [3.63, 3.8) is 0 Å². The zero-order valence-electron chi connectivity index (χ0n) is 8.59. The summed E-state index contributed by atoms with van der Waals surface area (Å²) in [5.41, 5.74) is -2.17. The Balaban J connectivity index is 2.80. The van der Waals surface area contributed by atoms with Crippen LogP contribution in [0.1, 0.15) is 5.56 Å². The number of halogens is 3. The number of anilines is 1. The molecule has 0 unspecified atom stereocenters. The van der Waals surface area contributed by atoms with Gasteiger partial charge in [0.25, 0.3) is 0 Å². The summed E-state index contributed by atoms with van der Waals surface area (Å²) in [6.07, 6.45) is -4.81. The molecule has 0 saturated heterocycles. The average Bonchev–Trinajstić information content (AvgIpc) is 2.45. The molecular formula is C8H6F3N3O3S. The molecule has 0 saturated carbocycles. The van der Waals surface area contributed by atoms with Crippen LogP contribution in [0.5, 0.6) is 0 Å². The number of hydrogen-bond acceptors (Lipinski definition) is 5. The molecular weight excluding hydrogens is 275 g/mol. The van der Waals surface area contributed by atoms with E-state index in [1.807, 2.05) is 0 Å². The molecule has 0 aliphatic carbocycles. The van der Waals surface area contributed by atoms with Crippen molar-refractivity contribution in [2.45, 2.75) is 11.1 Å². The van der Waals surface area contributed by atoms with Crippen molar-refractivity contribution in [1.82, 2.24) is 4.52 Å². The van der Waals surface area contributed by atoms with Crippen molar-refractivity contribution in [2.24, 2.45) is 5.10 Å². The van der Waals surface area contributed by atoms with Gasteiger partial charge in [0.2, 0.25) is 0 Å². The second-order valence-corrected chi connectivity index (χ2v) is 5.03. The summed E-state index contributed by atoms with van der Waals surface area (Å²) in [6, 6.07) is 2.53. The molecule has 0 amide bonds. The lowest BCUT2D eigenvalue weighted by Gasteiger charge is -2.19. The highest BCUT2D eigenvalue weighted by atomic mass is 32.2. The minimum atomic E-state index is -4.81. The second-order valence-electron chi connectivity index (χ2n) is 3.31. The van der Waals surface area contributed by atoms with Crippen LogP contribution < -0.4 is 5.17 Å². The van der Waals surface area contributed by atoms with E-state index in [-0.39, 0.29) is 9.70 Å². The summed E-state index contributed by atoms with van der Waals surface area (Å²) in [5.74, 6) is 0. The normalized spacial score (nSPS) is 17.8. The fourth-order valence-electron chi connectivity index (χ4n) is 1.58. The Morgan fingerprint density at radius 3 is 2.44 bits per heavy atom. The van der Waals surface area contributed by atoms with Crippen LogP contribution in [0.2, 0.25) is 0 Å². The Morgan fingerprint density at radius 1 is 1.33 bits per heavy atom. The average molecular weight is 281 g/mol. The number of benzene rings is 1. The molecule has 1 aromatic carbocycles. The molecule has 0 radical (unpaired) electrons. The molecule has 1 heterocycles. The van der Waals surface area contributed by atoms with Crippen LogP contribution >= 0.6 is 0 Å². The van der Waals surface area contributed by atoms with Gasteiger partial charge in [0.05, 0.1) is 5.56 Å². The van der Waals surface area contributed by atoms with Crippen molar-refractivity contribution in [2.75, 3.05) is 5.17 Å². The smallest absolute Gasteiger partial charge is 0.266 e. The molecule has 0 bridgehead atoms. The van der Waals surface area contributed by atoms with Crippen LogP contribution in [-0.2, 0) is 16.2 Å².